The largest absolute Gasteiger partial charge is 0.329 e. The molecule has 0 atom stereocenters. The van der Waals surface area contributed by atoms with E-state index in [2.05, 4.69) is 23.9 Å². The first-order valence-electron chi connectivity index (χ1n) is 6.29. The lowest BCUT2D eigenvalue weighted by atomic mass is 9.74. The minimum atomic E-state index is 0.362. The van der Waals surface area contributed by atoms with Gasteiger partial charge in [-0.25, -0.2) is 0 Å². The van der Waals surface area contributed by atoms with Crippen molar-refractivity contribution in [3.63, 3.8) is 0 Å². The van der Waals surface area contributed by atoms with Crippen LogP contribution in [0.4, 0.5) is 0 Å². The Bertz CT molecular complexity index is 199. The lowest BCUT2D eigenvalue weighted by molar-refractivity contribution is -0.00784. The van der Waals surface area contributed by atoms with Gasteiger partial charge in [0.2, 0.25) is 0 Å². The number of rotatable bonds is 3. The highest BCUT2D eigenvalue weighted by molar-refractivity contribution is 5.00. The number of hydrogen-bond donors (Lipinski definition) is 1. The molecule has 0 unspecified atom stereocenters. The van der Waals surface area contributed by atoms with Crippen molar-refractivity contribution in [2.24, 2.45) is 5.73 Å². The minimum Gasteiger partial charge on any atom is -0.329 e. The molecule has 3 nitrogen and oxygen atoms in total. The summed E-state index contributed by atoms with van der Waals surface area (Å²) in [5.41, 5.74) is 6.31. The summed E-state index contributed by atoms with van der Waals surface area (Å²) in [6.45, 7) is 3.33. The Labute approximate surface area is 93.6 Å². The number of likely N-dealkylation sites (tertiary alicyclic amines) is 1. The van der Waals surface area contributed by atoms with E-state index in [4.69, 9.17) is 5.73 Å². The first-order valence-corrected chi connectivity index (χ1v) is 6.29. The molecule has 1 saturated heterocycles. The van der Waals surface area contributed by atoms with Crippen LogP contribution in [0.3, 0.4) is 0 Å². The number of nitrogens with zero attached hydrogens (tertiary/aromatic N) is 2. The molecule has 0 radical (unpaired) electrons. The van der Waals surface area contributed by atoms with Crippen LogP contribution in [-0.4, -0.2) is 55.1 Å². The van der Waals surface area contributed by atoms with E-state index in [-0.39, 0.29) is 0 Å². The van der Waals surface area contributed by atoms with Crippen LogP contribution in [0.2, 0.25) is 0 Å². The highest BCUT2D eigenvalue weighted by Gasteiger charge is 2.42. The van der Waals surface area contributed by atoms with Gasteiger partial charge < -0.3 is 10.6 Å². The molecule has 1 heterocycles. The molecule has 0 aromatic heterocycles. The van der Waals surface area contributed by atoms with E-state index in [9.17, 15) is 0 Å². The topological polar surface area (TPSA) is 32.5 Å². The lowest BCUT2D eigenvalue weighted by Crippen LogP contribution is -2.61. The normalized spacial score (nSPS) is 28.0. The van der Waals surface area contributed by atoms with Crippen molar-refractivity contribution in [2.75, 3.05) is 33.7 Å². The third-order valence-corrected chi connectivity index (χ3v) is 4.65. The summed E-state index contributed by atoms with van der Waals surface area (Å²) in [6.07, 6.45) is 6.62. The van der Waals surface area contributed by atoms with E-state index in [1.54, 1.807) is 0 Å². The van der Waals surface area contributed by atoms with Crippen molar-refractivity contribution in [3.05, 3.63) is 0 Å². The first kappa shape index (κ1) is 11.4. The first-order chi connectivity index (χ1) is 7.18. The summed E-state index contributed by atoms with van der Waals surface area (Å²) in [4.78, 5) is 5.03. The van der Waals surface area contributed by atoms with Crippen LogP contribution < -0.4 is 5.73 Å². The van der Waals surface area contributed by atoms with E-state index >= 15 is 0 Å². The molecule has 2 fully saturated rings. The van der Waals surface area contributed by atoms with Crippen LogP contribution >= 0.6 is 0 Å². The molecule has 2 N–H and O–H groups in total. The Balaban J connectivity index is 1.92. The number of nitrogens with two attached hydrogens (primary N) is 1. The van der Waals surface area contributed by atoms with Crippen LogP contribution in [0, 0.1) is 0 Å². The summed E-state index contributed by atoms with van der Waals surface area (Å²) in [7, 11) is 4.51. The molecule has 88 valence electrons. The average Bonchev–Trinajstić information content (AvgIpc) is 2.18. The average molecular weight is 211 g/mol. The zero-order chi connectivity index (χ0) is 10.9. The van der Waals surface area contributed by atoms with E-state index < -0.39 is 0 Å². The van der Waals surface area contributed by atoms with Gasteiger partial charge in [0.05, 0.1) is 0 Å². The molecule has 3 heteroatoms. The van der Waals surface area contributed by atoms with E-state index in [0.717, 1.165) is 12.6 Å². The van der Waals surface area contributed by atoms with Gasteiger partial charge in [-0.2, -0.15) is 0 Å². The predicted octanol–water partition coefficient (Wildman–Crippen LogP) is 0.894. The van der Waals surface area contributed by atoms with Crippen molar-refractivity contribution in [2.45, 2.75) is 43.7 Å². The van der Waals surface area contributed by atoms with Gasteiger partial charge in [0.1, 0.15) is 0 Å². The Morgan fingerprint density at radius 1 is 1.33 bits per heavy atom. The Morgan fingerprint density at radius 3 is 2.33 bits per heavy atom. The molecule has 0 spiro atoms. The zero-order valence-corrected chi connectivity index (χ0v) is 10.2. The minimum absolute atomic E-state index is 0.362. The Kier molecular flexibility index (Phi) is 3.33. The zero-order valence-electron chi connectivity index (χ0n) is 10.2. The lowest BCUT2D eigenvalue weighted by Gasteiger charge is -2.52. The fraction of sp³-hybridized carbons (Fsp3) is 1.00. The second kappa shape index (κ2) is 4.40. The van der Waals surface area contributed by atoms with Crippen molar-refractivity contribution in [1.82, 2.24) is 9.80 Å². The Morgan fingerprint density at radius 2 is 1.93 bits per heavy atom. The fourth-order valence-electron chi connectivity index (χ4n) is 3.06. The smallest absolute Gasteiger partial charge is 0.0331 e. The maximum Gasteiger partial charge on any atom is 0.0331 e. The highest BCUT2D eigenvalue weighted by atomic mass is 15.2. The molecule has 0 amide bonds. The van der Waals surface area contributed by atoms with Crippen molar-refractivity contribution < 1.29 is 0 Å². The summed E-state index contributed by atoms with van der Waals surface area (Å²) >= 11 is 0. The molecule has 2 rings (SSSR count). The van der Waals surface area contributed by atoms with Crippen LogP contribution in [0.1, 0.15) is 32.1 Å². The summed E-state index contributed by atoms with van der Waals surface area (Å²) in [5.74, 6) is 0. The third-order valence-electron chi connectivity index (χ3n) is 4.65. The van der Waals surface area contributed by atoms with Crippen LogP contribution in [0.5, 0.6) is 0 Å². The fourth-order valence-corrected chi connectivity index (χ4v) is 3.06. The maximum atomic E-state index is 5.95. The molecule has 1 aliphatic carbocycles. The number of hydrogen-bond acceptors (Lipinski definition) is 3. The van der Waals surface area contributed by atoms with Crippen LogP contribution in [0.15, 0.2) is 0 Å². The van der Waals surface area contributed by atoms with Gasteiger partial charge in [-0.3, -0.25) is 4.90 Å². The van der Waals surface area contributed by atoms with E-state index in [0.29, 0.717) is 5.54 Å². The van der Waals surface area contributed by atoms with Crippen LogP contribution in [0.25, 0.3) is 0 Å². The molecular formula is C12H25N3. The Hall–Kier alpha value is -0.120. The highest BCUT2D eigenvalue weighted by Crippen LogP contribution is 2.38. The molecule has 1 aliphatic heterocycles. The molecule has 1 saturated carbocycles. The quantitative estimate of drug-likeness (QED) is 0.752. The van der Waals surface area contributed by atoms with E-state index in [1.807, 2.05) is 0 Å². The van der Waals surface area contributed by atoms with Gasteiger partial charge >= 0.3 is 0 Å². The SMILES string of the molecule is CN1CCC(N(C)C2(CN)CCC2)CC1. The number of likely N-dealkylation sites (N-methyl/N-ethyl adjacent to an activating group) is 1. The standard InChI is InChI=1S/C12H25N3/c1-14-8-4-11(5-9-14)15(2)12(10-13)6-3-7-12/h11H,3-10,13H2,1-2H3. The van der Waals surface area contributed by atoms with Crippen molar-refractivity contribution >= 4 is 0 Å². The summed E-state index contributed by atoms with van der Waals surface area (Å²) in [5, 5.41) is 0. The molecule has 2 aliphatic rings. The van der Waals surface area contributed by atoms with Gasteiger partial charge in [-0.05, 0) is 59.3 Å². The van der Waals surface area contributed by atoms with E-state index in [1.165, 1.54) is 45.2 Å². The predicted molar refractivity (Wildman–Crippen MR) is 63.9 cm³/mol. The monoisotopic (exact) mass is 211 g/mol. The van der Waals surface area contributed by atoms with Gasteiger partial charge in [0, 0.05) is 18.1 Å². The second-order valence-corrected chi connectivity index (χ2v) is 5.43. The van der Waals surface area contributed by atoms with Gasteiger partial charge in [0.25, 0.3) is 0 Å². The molecule has 0 aromatic carbocycles. The summed E-state index contributed by atoms with van der Waals surface area (Å²) < 4.78 is 0. The molecule has 0 bridgehead atoms. The number of piperidine rings is 1. The molecular weight excluding hydrogens is 186 g/mol. The van der Waals surface area contributed by atoms with Gasteiger partial charge in [0.15, 0.2) is 0 Å². The van der Waals surface area contributed by atoms with Crippen LogP contribution in [-0.2, 0) is 0 Å². The third kappa shape index (κ3) is 2.05. The maximum absolute atomic E-state index is 5.95. The molecule has 15 heavy (non-hydrogen) atoms. The molecule has 0 aromatic rings. The van der Waals surface area contributed by atoms with Crippen molar-refractivity contribution in [3.8, 4) is 0 Å². The van der Waals surface area contributed by atoms with Gasteiger partial charge in [-0.1, -0.05) is 0 Å². The summed E-state index contributed by atoms with van der Waals surface area (Å²) in [6, 6.07) is 0.769. The van der Waals surface area contributed by atoms with Gasteiger partial charge in [-0.15, -0.1) is 0 Å². The van der Waals surface area contributed by atoms with Crippen molar-refractivity contribution in [1.29, 1.82) is 0 Å². The second-order valence-electron chi connectivity index (χ2n) is 5.43.